The lowest BCUT2D eigenvalue weighted by Crippen LogP contribution is -2.01. The van der Waals surface area contributed by atoms with Crippen molar-refractivity contribution < 1.29 is 11.3 Å². The van der Waals surface area contributed by atoms with Crippen molar-refractivity contribution in [1.82, 2.24) is 0 Å². The summed E-state index contributed by atoms with van der Waals surface area (Å²) in [7, 11) is 0. The van der Waals surface area contributed by atoms with Gasteiger partial charge in [0.2, 0.25) is 0 Å². The Morgan fingerprint density at radius 1 is 1.23 bits per heavy atom. The molecule has 0 heterocycles. The number of allylic oxidation sites excluding steroid dienone is 2. The molecule has 1 atom stereocenters. The molecule has 0 radical (unpaired) electrons. The van der Waals surface area contributed by atoms with E-state index in [-0.39, 0.29) is 14.6 Å². The van der Waals surface area contributed by atoms with Crippen LogP contribution in [0.15, 0.2) is 23.8 Å². The zero-order valence-corrected chi connectivity index (χ0v) is 14.0. The van der Waals surface area contributed by atoms with Crippen molar-refractivity contribution in [3.05, 3.63) is 23.8 Å². The van der Waals surface area contributed by atoms with Crippen LogP contribution in [0.2, 0.25) is 0 Å². The van der Waals surface area contributed by atoms with E-state index in [9.17, 15) is 4.79 Å². The number of hydrogen-bond donors (Lipinski definition) is 1. The molecule has 0 aliphatic carbocycles. The first-order valence-electron chi connectivity index (χ1n) is 7.15. The van der Waals surface area contributed by atoms with E-state index < -0.39 is 6.10 Å². The van der Waals surface area contributed by atoms with Gasteiger partial charge in [-0.3, -0.25) is 0 Å². The molecule has 0 amide bonds. The van der Waals surface area contributed by atoms with Gasteiger partial charge in [0.25, 0.3) is 0 Å². The van der Waals surface area contributed by atoms with Crippen LogP contribution < -0.4 is 0 Å². The van der Waals surface area contributed by atoms with Gasteiger partial charge in [-0.05, 0) is 53.0 Å². The summed E-state index contributed by atoms with van der Waals surface area (Å²) in [6.45, 7) is 12.5. The zero-order chi connectivity index (χ0) is 16.7. The Hall–Kier alpha value is -1.77. The second-order valence-corrected chi connectivity index (χ2v) is 4.86. The molecule has 0 rings (SSSR count). The second kappa shape index (κ2) is 17.3. The third kappa shape index (κ3) is 20.5. The smallest absolute Gasteiger partial charge is 0.135 e. The molecular weight excluding hydrogens is 272 g/mol. The third-order valence-electron chi connectivity index (χ3n) is 2.56. The molecular formula is C20H34O2. The average molecular weight is 307 g/mol. The first-order valence-corrected chi connectivity index (χ1v) is 7.15. The number of Topliss-reactive ketones (excluding diaryl/α,β-unsaturated/α-hetero) is 1. The maximum atomic E-state index is 10.7. The number of rotatable bonds is 6. The van der Waals surface area contributed by atoms with Crippen molar-refractivity contribution in [2.24, 2.45) is 0 Å². The Kier molecular flexibility index (Phi) is 19.8. The summed E-state index contributed by atoms with van der Waals surface area (Å²) in [6.07, 6.45) is 5.03. The average Bonchev–Trinajstić information content (AvgIpc) is 2.42. The van der Waals surface area contributed by atoms with Gasteiger partial charge in [0.15, 0.2) is 0 Å². The van der Waals surface area contributed by atoms with Crippen molar-refractivity contribution in [1.29, 1.82) is 0 Å². The van der Waals surface area contributed by atoms with E-state index in [1.54, 1.807) is 20.8 Å². The van der Waals surface area contributed by atoms with Crippen LogP contribution in [0.5, 0.6) is 0 Å². The number of aliphatic hydroxyl groups is 1. The van der Waals surface area contributed by atoms with Crippen molar-refractivity contribution >= 4 is 5.78 Å². The van der Waals surface area contributed by atoms with E-state index in [0.29, 0.717) is 12.0 Å². The summed E-state index contributed by atoms with van der Waals surface area (Å²) in [5.74, 6) is 11.3. The lowest BCUT2D eigenvalue weighted by atomic mass is 10.1. The van der Waals surface area contributed by atoms with E-state index in [4.69, 9.17) is 5.11 Å². The lowest BCUT2D eigenvalue weighted by Gasteiger charge is -1.97. The van der Waals surface area contributed by atoms with Crippen LogP contribution >= 0.6 is 0 Å². The summed E-state index contributed by atoms with van der Waals surface area (Å²) < 4.78 is 0. The SMILES string of the molecule is C.C=C(C)C(O)C#CC.CC#CCC/C=C(\C)CCC(C)=O.[2HH]. The molecule has 0 aliphatic rings. The monoisotopic (exact) mass is 307 g/mol. The van der Waals surface area contributed by atoms with Gasteiger partial charge in [-0.15, -0.1) is 17.8 Å². The van der Waals surface area contributed by atoms with E-state index in [0.717, 1.165) is 19.3 Å². The van der Waals surface area contributed by atoms with Crippen molar-refractivity contribution in [2.45, 2.75) is 73.8 Å². The Balaban J connectivity index is -0.000000158. The molecule has 1 unspecified atom stereocenters. The first-order chi connectivity index (χ1) is 9.84. The zero-order valence-electron chi connectivity index (χ0n) is 14.0. The van der Waals surface area contributed by atoms with Gasteiger partial charge in [0.05, 0.1) is 0 Å². The number of ketones is 1. The predicted molar refractivity (Wildman–Crippen MR) is 99.5 cm³/mol. The first kappa shape index (κ1) is 25.2. The standard InChI is InChI=1S/C12H18O.C7H10O.CH4.H2/c1-4-5-6-7-8-11(2)9-10-12(3)13;1-4-5-7(8)6(2)3;;/h8H,6-7,9-10H2,1-3H3;7-8H,2H2,1,3H3;1H4;1H/b11-8+;;;/i;;;1+1. The molecule has 2 heteroatoms. The summed E-state index contributed by atoms with van der Waals surface area (Å²) in [5.41, 5.74) is 1.99. The lowest BCUT2D eigenvalue weighted by molar-refractivity contribution is -0.116. The summed E-state index contributed by atoms with van der Waals surface area (Å²) in [5, 5.41) is 8.85. The minimum absolute atomic E-state index is 0. The van der Waals surface area contributed by atoms with Crippen molar-refractivity contribution in [2.75, 3.05) is 0 Å². The van der Waals surface area contributed by atoms with Gasteiger partial charge in [-0.2, -0.15) is 0 Å². The van der Waals surface area contributed by atoms with Crippen molar-refractivity contribution in [3.8, 4) is 23.7 Å². The Morgan fingerprint density at radius 2 is 1.82 bits per heavy atom. The van der Waals surface area contributed by atoms with E-state index in [1.165, 1.54) is 5.57 Å². The fourth-order valence-corrected chi connectivity index (χ4v) is 1.25. The highest BCUT2D eigenvalue weighted by molar-refractivity contribution is 5.75. The van der Waals surface area contributed by atoms with Crippen LogP contribution in [-0.4, -0.2) is 17.0 Å². The largest absolute Gasteiger partial charge is 0.376 e. The van der Waals surface area contributed by atoms with E-state index in [1.807, 2.05) is 6.92 Å². The molecule has 2 nitrogen and oxygen atoms in total. The van der Waals surface area contributed by atoms with Crippen LogP contribution in [0, 0.1) is 23.7 Å². The highest BCUT2D eigenvalue weighted by Gasteiger charge is 1.95. The molecule has 0 saturated heterocycles. The van der Waals surface area contributed by atoms with Crippen LogP contribution in [-0.2, 0) is 4.79 Å². The predicted octanol–water partition coefficient (Wildman–Crippen LogP) is 4.93. The highest BCUT2D eigenvalue weighted by Crippen LogP contribution is 2.06. The Morgan fingerprint density at radius 3 is 2.18 bits per heavy atom. The molecule has 0 aromatic rings. The van der Waals surface area contributed by atoms with E-state index >= 15 is 0 Å². The van der Waals surface area contributed by atoms with Crippen LogP contribution in [0.1, 0.15) is 69.2 Å². The number of unbranched alkanes of at least 4 members (excludes halogenated alkanes) is 1. The Labute approximate surface area is 139 Å². The van der Waals surface area contributed by atoms with Gasteiger partial charge in [0.1, 0.15) is 11.9 Å². The second-order valence-electron chi connectivity index (χ2n) is 4.86. The Bertz CT molecular complexity index is 467. The van der Waals surface area contributed by atoms with E-state index in [2.05, 4.69) is 43.3 Å². The van der Waals surface area contributed by atoms with Gasteiger partial charge in [0, 0.05) is 14.3 Å². The molecule has 22 heavy (non-hydrogen) atoms. The maximum absolute atomic E-state index is 10.7. The van der Waals surface area contributed by atoms with Crippen LogP contribution in [0.3, 0.4) is 0 Å². The number of hydrogen-bond acceptors (Lipinski definition) is 2. The summed E-state index contributed by atoms with van der Waals surface area (Å²) >= 11 is 0. The fraction of sp³-hybridized carbons (Fsp3) is 0.550. The number of aliphatic hydroxyl groups excluding tert-OH is 1. The molecule has 1 N–H and O–H groups in total. The van der Waals surface area contributed by atoms with Gasteiger partial charge < -0.3 is 9.90 Å². The number of carbonyl (C=O) groups excluding carboxylic acids is 1. The molecule has 126 valence electrons. The maximum Gasteiger partial charge on any atom is 0.135 e. The van der Waals surface area contributed by atoms with Gasteiger partial charge >= 0.3 is 0 Å². The normalized spacial score (nSPS) is 10.4. The molecule has 0 bridgehead atoms. The van der Waals surface area contributed by atoms with Gasteiger partial charge in [-0.1, -0.05) is 31.6 Å². The topological polar surface area (TPSA) is 37.3 Å². The molecule has 0 aromatic heterocycles. The summed E-state index contributed by atoms with van der Waals surface area (Å²) in [4.78, 5) is 10.7. The van der Waals surface area contributed by atoms with Gasteiger partial charge in [-0.25, -0.2) is 0 Å². The molecule has 0 spiro atoms. The highest BCUT2D eigenvalue weighted by atomic mass is 16.3. The molecule has 0 saturated carbocycles. The summed E-state index contributed by atoms with van der Waals surface area (Å²) in [6, 6.07) is 0. The fourth-order valence-electron chi connectivity index (χ4n) is 1.25. The molecule has 0 aliphatic heterocycles. The van der Waals surface area contributed by atoms with Crippen LogP contribution in [0.4, 0.5) is 0 Å². The quantitative estimate of drug-likeness (QED) is 0.429. The molecule has 0 fully saturated rings. The molecule has 0 aromatic carbocycles. The van der Waals surface area contributed by atoms with Crippen molar-refractivity contribution in [3.63, 3.8) is 0 Å². The van der Waals surface area contributed by atoms with Crippen LogP contribution in [0.25, 0.3) is 0 Å². The number of carbonyl (C=O) groups is 1. The third-order valence-corrected chi connectivity index (χ3v) is 2.56. The minimum atomic E-state index is -0.639. The minimum Gasteiger partial charge on any atom is -0.376 e.